The zero-order valence-corrected chi connectivity index (χ0v) is 12.1. The third-order valence-electron chi connectivity index (χ3n) is 3.83. The molecule has 0 amide bonds. The van der Waals surface area contributed by atoms with Crippen LogP contribution >= 0.6 is 11.8 Å². The Labute approximate surface area is 114 Å². The van der Waals surface area contributed by atoms with Crippen LogP contribution in [0.1, 0.15) is 25.7 Å². The van der Waals surface area contributed by atoms with Gasteiger partial charge in [0.15, 0.2) is 0 Å². The number of thioether (sulfide) groups is 1. The van der Waals surface area contributed by atoms with Crippen LogP contribution in [0.2, 0.25) is 0 Å². The van der Waals surface area contributed by atoms with E-state index >= 15 is 0 Å². The van der Waals surface area contributed by atoms with Gasteiger partial charge in [0, 0.05) is 10.9 Å². The fourth-order valence-electron chi connectivity index (χ4n) is 2.78. The van der Waals surface area contributed by atoms with Gasteiger partial charge < -0.3 is 10.1 Å². The minimum atomic E-state index is 0.746. The average Bonchev–Trinajstić information content (AvgIpc) is 2.86. The van der Waals surface area contributed by atoms with Gasteiger partial charge in [-0.1, -0.05) is 12.5 Å². The van der Waals surface area contributed by atoms with E-state index in [9.17, 15) is 0 Å². The molecule has 2 rings (SSSR count). The van der Waals surface area contributed by atoms with E-state index in [4.69, 9.17) is 4.74 Å². The summed E-state index contributed by atoms with van der Waals surface area (Å²) in [5.41, 5.74) is 0. The molecule has 1 aromatic rings. The van der Waals surface area contributed by atoms with Crippen LogP contribution in [0.3, 0.4) is 0 Å². The molecule has 2 atom stereocenters. The summed E-state index contributed by atoms with van der Waals surface area (Å²) in [5, 5.41) is 3.45. The molecule has 0 aromatic heterocycles. The third kappa shape index (κ3) is 3.66. The number of nitrogens with one attached hydrogen (secondary N) is 1. The van der Waals surface area contributed by atoms with Gasteiger partial charge in [0.05, 0.1) is 7.11 Å². The normalized spacial score (nSPS) is 23.2. The summed E-state index contributed by atoms with van der Waals surface area (Å²) in [6.07, 6.45) is 5.45. The van der Waals surface area contributed by atoms with E-state index in [1.165, 1.54) is 36.3 Å². The predicted octanol–water partition coefficient (Wildman–Crippen LogP) is 3.57. The van der Waals surface area contributed by atoms with E-state index in [2.05, 4.69) is 30.6 Å². The van der Waals surface area contributed by atoms with Crippen molar-refractivity contribution >= 4 is 11.8 Å². The molecule has 0 heterocycles. The second-order valence-electron chi connectivity index (χ2n) is 4.90. The van der Waals surface area contributed by atoms with E-state index < -0.39 is 0 Å². The highest BCUT2D eigenvalue weighted by Gasteiger charge is 2.25. The summed E-state index contributed by atoms with van der Waals surface area (Å²) in [6.45, 7) is 0. The maximum absolute atomic E-state index is 5.25. The molecule has 0 saturated heterocycles. The van der Waals surface area contributed by atoms with Crippen molar-refractivity contribution in [3.63, 3.8) is 0 Å². The fourth-order valence-corrected chi connectivity index (χ4v) is 3.81. The highest BCUT2D eigenvalue weighted by molar-refractivity contribution is 7.99. The molecule has 1 aromatic carbocycles. The molecule has 0 spiro atoms. The van der Waals surface area contributed by atoms with Crippen LogP contribution in [0, 0.1) is 5.92 Å². The SMILES string of the molecule is CNC1CCCC1CCSc1cccc(OC)c1. The molecule has 18 heavy (non-hydrogen) atoms. The van der Waals surface area contributed by atoms with E-state index in [1.54, 1.807) is 7.11 Å². The lowest BCUT2D eigenvalue weighted by Gasteiger charge is -2.18. The molecule has 0 radical (unpaired) electrons. The smallest absolute Gasteiger partial charge is 0.119 e. The van der Waals surface area contributed by atoms with Gasteiger partial charge in [-0.2, -0.15) is 0 Å². The van der Waals surface area contributed by atoms with Crippen LogP contribution in [0.4, 0.5) is 0 Å². The number of rotatable bonds is 6. The fraction of sp³-hybridized carbons (Fsp3) is 0.600. The molecule has 1 fully saturated rings. The Kier molecular flexibility index (Phi) is 5.39. The second kappa shape index (κ2) is 7.05. The van der Waals surface area contributed by atoms with Crippen molar-refractivity contribution in [3.8, 4) is 5.75 Å². The lowest BCUT2D eigenvalue weighted by Crippen LogP contribution is -2.29. The van der Waals surface area contributed by atoms with Crippen molar-refractivity contribution in [2.75, 3.05) is 19.9 Å². The first-order chi connectivity index (χ1) is 8.83. The van der Waals surface area contributed by atoms with Gasteiger partial charge in [0.2, 0.25) is 0 Å². The van der Waals surface area contributed by atoms with Crippen molar-refractivity contribution in [1.82, 2.24) is 5.32 Å². The quantitative estimate of drug-likeness (QED) is 0.795. The molecule has 1 N–H and O–H groups in total. The summed E-state index contributed by atoms with van der Waals surface area (Å²) >= 11 is 1.94. The first-order valence-corrected chi connectivity index (χ1v) is 7.76. The lowest BCUT2D eigenvalue weighted by molar-refractivity contribution is 0.413. The molecule has 0 aliphatic heterocycles. The van der Waals surface area contributed by atoms with Gasteiger partial charge in [-0.15, -0.1) is 11.8 Å². The summed E-state index contributed by atoms with van der Waals surface area (Å²) in [7, 11) is 3.82. The minimum absolute atomic E-state index is 0.746. The van der Waals surface area contributed by atoms with Crippen LogP contribution < -0.4 is 10.1 Å². The van der Waals surface area contributed by atoms with E-state index in [-0.39, 0.29) is 0 Å². The molecule has 100 valence electrons. The molecule has 2 unspecified atom stereocenters. The van der Waals surface area contributed by atoms with Crippen LogP contribution in [0.15, 0.2) is 29.2 Å². The molecule has 1 saturated carbocycles. The molecule has 2 nitrogen and oxygen atoms in total. The predicted molar refractivity (Wildman–Crippen MR) is 78.5 cm³/mol. The topological polar surface area (TPSA) is 21.3 Å². The Hall–Kier alpha value is -0.670. The van der Waals surface area contributed by atoms with E-state index in [0.717, 1.165) is 17.7 Å². The standard InChI is InChI=1S/C15H23NOS/c1-16-15-8-3-5-12(15)9-10-18-14-7-4-6-13(11-14)17-2/h4,6-7,11-12,15-16H,3,5,8-10H2,1-2H3. The van der Waals surface area contributed by atoms with Crippen LogP contribution in [-0.2, 0) is 0 Å². The lowest BCUT2D eigenvalue weighted by atomic mass is 10.0. The largest absolute Gasteiger partial charge is 0.497 e. The Balaban J connectivity index is 1.77. The number of methoxy groups -OCH3 is 1. The number of ether oxygens (including phenoxy) is 1. The van der Waals surface area contributed by atoms with E-state index in [0.29, 0.717) is 0 Å². The molecular formula is C15H23NOS. The maximum Gasteiger partial charge on any atom is 0.119 e. The van der Waals surface area contributed by atoms with Gasteiger partial charge in [0.1, 0.15) is 5.75 Å². The Morgan fingerprint density at radius 1 is 1.39 bits per heavy atom. The summed E-state index contributed by atoms with van der Waals surface area (Å²) in [5.74, 6) is 3.03. The average molecular weight is 265 g/mol. The monoisotopic (exact) mass is 265 g/mol. The zero-order valence-electron chi connectivity index (χ0n) is 11.3. The third-order valence-corrected chi connectivity index (χ3v) is 4.86. The zero-order chi connectivity index (χ0) is 12.8. The summed E-state index contributed by atoms with van der Waals surface area (Å²) in [4.78, 5) is 1.31. The maximum atomic E-state index is 5.25. The van der Waals surface area contributed by atoms with Gasteiger partial charge in [-0.25, -0.2) is 0 Å². The highest BCUT2D eigenvalue weighted by Crippen LogP contribution is 2.31. The van der Waals surface area contributed by atoms with Gasteiger partial charge in [-0.3, -0.25) is 0 Å². The first kappa shape index (κ1) is 13.8. The number of benzene rings is 1. The Morgan fingerprint density at radius 2 is 2.28 bits per heavy atom. The van der Waals surface area contributed by atoms with Crippen molar-refractivity contribution in [2.24, 2.45) is 5.92 Å². The van der Waals surface area contributed by atoms with Crippen molar-refractivity contribution in [2.45, 2.75) is 36.6 Å². The first-order valence-electron chi connectivity index (χ1n) is 6.77. The van der Waals surface area contributed by atoms with Crippen LogP contribution in [0.25, 0.3) is 0 Å². The minimum Gasteiger partial charge on any atom is -0.497 e. The molecule has 1 aliphatic rings. The molecule has 0 bridgehead atoms. The van der Waals surface area contributed by atoms with Crippen molar-refractivity contribution in [1.29, 1.82) is 0 Å². The van der Waals surface area contributed by atoms with Crippen LogP contribution in [0.5, 0.6) is 5.75 Å². The Bertz CT molecular complexity index is 369. The highest BCUT2D eigenvalue weighted by atomic mass is 32.2. The summed E-state index contributed by atoms with van der Waals surface area (Å²) < 4.78 is 5.25. The van der Waals surface area contributed by atoms with Crippen molar-refractivity contribution < 1.29 is 4.74 Å². The van der Waals surface area contributed by atoms with Gasteiger partial charge in [0.25, 0.3) is 0 Å². The Morgan fingerprint density at radius 3 is 3.06 bits per heavy atom. The van der Waals surface area contributed by atoms with Crippen LogP contribution in [-0.4, -0.2) is 26.0 Å². The van der Waals surface area contributed by atoms with E-state index in [1.807, 2.05) is 17.8 Å². The number of hydrogen-bond donors (Lipinski definition) is 1. The molecule has 1 aliphatic carbocycles. The van der Waals surface area contributed by atoms with Gasteiger partial charge >= 0.3 is 0 Å². The van der Waals surface area contributed by atoms with Gasteiger partial charge in [-0.05, 0) is 56.2 Å². The number of hydrogen-bond acceptors (Lipinski definition) is 3. The molecule has 3 heteroatoms. The second-order valence-corrected chi connectivity index (χ2v) is 6.07. The van der Waals surface area contributed by atoms with Crippen molar-refractivity contribution in [3.05, 3.63) is 24.3 Å². The molecular weight excluding hydrogens is 242 g/mol. The summed E-state index contributed by atoms with van der Waals surface area (Å²) in [6, 6.07) is 9.09.